The topological polar surface area (TPSA) is 67.2 Å². The van der Waals surface area contributed by atoms with Gasteiger partial charge in [0.05, 0.1) is 11.8 Å². The number of aryl methyl sites for hydroxylation is 1. The van der Waals surface area contributed by atoms with Gasteiger partial charge in [0.2, 0.25) is 0 Å². The third kappa shape index (κ3) is 4.56. The zero-order valence-corrected chi connectivity index (χ0v) is 10.5. The number of amides is 1. The van der Waals surface area contributed by atoms with Crippen LogP contribution < -0.4 is 5.32 Å². The molecule has 0 bridgehead atoms. The summed E-state index contributed by atoms with van der Waals surface area (Å²) in [4.78, 5) is 11.7. The Labute approximate surface area is 102 Å². The monoisotopic (exact) mass is 239 g/mol. The molecule has 1 aromatic heterocycles. The van der Waals surface area contributed by atoms with E-state index in [0.717, 1.165) is 19.3 Å². The fraction of sp³-hybridized carbons (Fsp3) is 0.667. The van der Waals surface area contributed by atoms with Crippen LogP contribution in [0.15, 0.2) is 12.4 Å². The highest BCUT2D eigenvalue weighted by Crippen LogP contribution is 2.09. The molecule has 1 atom stereocenters. The molecular formula is C12H21N3O2. The van der Waals surface area contributed by atoms with Crippen LogP contribution in [0.25, 0.3) is 0 Å². The third-order valence-electron chi connectivity index (χ3n) is 2.75. The maximum absolute atomic E-state index is 11.7. The zero-order chi connectivity index (χ0) is 12.7. The van der Waals surface area contributed by atoms with Crippen molar-refractivity contribution in [2.45, 2.75) is 26.2 Å². The molecular weight excluding hydrogens is 218 g/mol. The zero-order valence-electron chi connectivity index (χ0n) is 10.5. The number of hydrogen-bond donors (Lipinski definition) is 2. The average molecular weight is 239 g/mol. The highest BCUT2D eigenvalue weighted by atomic mass is 16.3. The lowest BCUT2D eigenvalue weighted by atomic mass is 10.0. The first-order valence-corrected chi connectivity index (χ1v) is 6.05. The van der Waals surface area contributed by atoms with Gasteiger partial charge in [0.25, 0.3) is 5.91 Å². The standard InChI is InChI=1S/C12H21N3O2/c1-3-4-10(5-6-16)7-13-12(17)11-8-14-15(2)9-11/h8-10,16H,3-7H2,1-2H3,(H,13,17). The quantitative estimate of drug-likeness (QED) is 0.744. The Kier molecular flexibility index (Phi) is 5.69. The smallest absolute Gasteiger partial charge is 0.254 e. The number of rotatable bonds is 7. The van der Waals surface area contributed by atoms with Crippen molar-refractivity contribution in [1.29, 1.82) is 0 Å². The van der Waals surface area contributed by atoms with Crippen molar-refractivity contribution in [3.63, 3.8) is 0 Å². The van der Waals surface area contributed by atoms with Crippen molar-refractivity contribution in [1.82, 2.24) is 15.1 Å². The minimum atomic E-state index is -0.0999. The summed E-state index contributed by atoms with van der Waals surface area (Å²) in [5, 5.41) is 15.8. The second kappa shape index (κ2) is 7.06. The molecule has 5 nitrogen and oxygen atoms in total. The van der Waals surface area contributed by atoms with E-state index in [9.17, 15) is 4.79 Å². The van der Waals surface area contributed by atoms with Gasteiger partial charge in [-0.1, -0.05) is 13.3 Å². The van der Waals surface area contributed by atoms with Gasteiger partial charge in [0, 0.05) is 26.4 Å². The number of nitrogens with one attached hydrogen (secondary N) is 1. The summed E-state index contributed by atoms with van der Waals surface area (Å²) in [5.74, 6) is 0.253. The van der Waals surface area contributed by atoms with Crippen LogP contribution in [0.1, 0.15) is 36.5 Å². The van der Waals surface area contributed by atoms with Crippen LogP contribution in [-0.4, -0.2) is 33.9 Å². The van der Waals surface area contributed by atoms with Gasteiger partial charge in [-0.05, 0) is 18.8 Å². The molecule has 0 saturated carbocycles. The summed E-state index contributed by atoms with van der Waals surface area (Å²) in [7, 11) is 1.78. The lowest BCUT2D eigenvalue weighted by molar-refractivity contribution is 0.0943. The second-order valence-corrected chi connectivity index (χ2v) is 4.28. The Hall–Kier alpha value is -1.36. The van der Waals surface area contributed by atoms with Crippen LogP contribution in [0.4, 0.5) is 0 Å². The van der Waals surface area contributed by atoms with Gasteiger partial charge in [-0.3, -0.25) is 9.48 Å². The van der Waals surface area contributed by atoms with E-state index < -0.39 is 0 Å². The Morgan fingerprint density at radius 2 is 2.35 bits per heavy atom. The van der Waals surface area contributed by atoms with E-state index in [2.05, 4.69) is 17.3 Å². The molecule has 1 rings (SSSR count). The number of carbonyl (C=O) groups excluding carboxylic acids is 1. The molecule has 1 unspecified atom stereocenters. The van der Waals surface area contributed by atoms with Crippen molar-refractivity contribution in [3.8, 4) is 0 Å². The summed E-state index contributed by atoms with van der Waals surface area (Å²) >= 11 is 0. The second-order valence-electron chi connectivity index (χ2n) is 4.28. The molecule has 0 aliphatic carbocycles. The Morgan fingerprint density at radius 3 is 2.88 bits per heavy atom. The van der Waals surface area contributed by atoms with Gasteiger partial charge >= 0.3 is 0 Å². The van der Waals surface area contributed by atoms with Crippen molar-refractivity contribution in [3.05, 3.63) is 18.0 Å². The van der Waals surface area contributed by atoms with E-state index >= 15 is 0 Å². The van der Waals surface area contributed by atoms with Crippen LogP contribution in [-0.2, 0) is 7.05 Å². The highest BCUT2D eigenvalue weighted by Gasteiger charge is 2.11. The number of nitrogens with zero attached hydrogens (tertiary/aromatic N) is 2. The van der Waals surface area contributed by atoms with Crippen molar-refractivity contribution < 1.29 is 9.90 Å². The summed E-state index contributed by atoms with van der Waals surface area (Å²) < 4.78 is 1.60. The average Bonchev–Trinajstić information content (AvgIpc) is 2.73. The third-order valence-corrected chi connectivity index (χ3v) is 2.75. The van der Waals surface area contributed by atoms with Gasteiger partial charge in [0.1, 0.15) is 0 Å². The molecule has 17 heavy (non-hydrogen) atoms. The van der Waals surface area contributed by atoms with Gasteiger partial charge in [-0.25, -0.2) is 0 Å². The Morgan fingerprint density at radius 1 is 1.59 bits per heavy atom. The van der Waals surface area contributed by atoms with Crippen molar-refractivity contribution in [2.75, 3.05) is 13.2 Å². The minimum absolute atomic E-state index is 0.0999. The maximum atomic E-state index is 11.7. The summed E-state index contributed by atoms with van der Waals surface area (Å²) in [6.45, 7) is 2.89. The van der Waals surface area contributed by atoms with Gasteiger partial charge in [-0.2, -0.15) is 5.10 Å². The lowest BCUT2D eigenvalue weighted by Gasteiger charge is -2.15. The summed E-state index contributed by atoms with van der Waals surface area (Å²) in [6, 6.07) is 0. The number of aliphatic hydroxyl groups is 1. The van der Waals surface area contributed by atoms with E-state index in [1.165, 1.54) is 0 Å². The summed E-state index contributed by atoms with van der Waals surface area (Å²) in [6.07, 6.45) is 6.06. The van der Waals surface area contributed by atoms with E-state index in [-0.39, 0.29) is 12.5 Å². The van der Waals surface area contributed by atoms with Crippen LogP contribution >= 0.6 is 0 Å². The molecule has 0 aliphatic rings. The number of aromatic nitrogens is 2. The molecule has 0 aliphatic heterocycles. The molecule has 1 heterocycles. The molecule has 5 heteroatoms. The van der Waals surface area contributed by atoms with E-state index in [1.54, 1.807) is 24.1 Å². The SMILES string of the molecule is CCCC(CCO)CNC(=O)c1cnn(C)c1. The summed E-state index contributed by atoms with van der Waals surface area (Å²) in [5.41, 5.74) is 0.576. The molecule has 0 saturated heterocycles. The fourth-order valence-electron chi connectivity index (χ4n) is 1.82. The molecule has 0 aromatic carbocycles. The predicted molar refractivity (Wildman–Crippen MR) is 65.6 cm³/mol. The van der Waals surface area contributed by atoms with Crippen molar-refractivity contribution >= 4 is 5.91 Å². The highest BCUT2D eigenvalue weighted by molar-refractivity contribution is 5.93. The number of hydrogen-bond acceptors (Lipinski definition) is 3. The maximum Gasteiger partial charge on any atom is 0.254 e. The molecule has 1 amide bonds. The van der Waals surface area contributed by atoms with Crippen LogP contribution in [0, 0.1) is 5.92 Å². The molecule has 2 N–H and O–H groups in total. The normalized spacial score (nSPS) is 12.4. The first-order valence-electron chi connectivity index (χ1n) is 6.05. The van der Waals surface area contributed by atoms with E-state index in [4.69, 9.17) is 5.11 Å². The fourth-order valence-corrected chi connectivity index (χ4v) is 1.82. The first kappa shape index (κ1) is 13.7. The molecule has 0 spiro atoms. The van der Waals surface area contributed by atoms with E-state index in [0.29, 0.717) is 18.0 Å². The van der Waals surface area contributed by atoms with Gasteiger partial charge in [-0.15, -0.1) is 0 Å². The Bertz CT molecular complexity index is 343. The van der Waals surface area contributed by atoms with Crippen LogP contribution in [0.5, 0.6) is 0 Å². The van der Waals surface area contributed by atoms with Crippen LogP contribution in [0.3, 0.4) is 0 Å². The largest absolute Gasteiger partial charge is 0.396 e. The van der Waals surface area contributed by atoms with Crippen LogP contribution in [0.2, 0.25) is 0 Å². The predicted octanol–water partition coefficient (Wildman–Crippen LogP) is 0.949. The number of aliphatic hydroxyl groups excluding tert-OH is 1. The molecule has 1 aromatic rings. The Balaban J connectivity index is 2.40. The molecule has 0 radical (unpaired) electrons. The first-order chi connectivity index (χ1) is 8.17. The molecule has 96 valence electrons. The number of carbonyl (C=O) groups is 1. The minimum Gasteiger partial charge on any atom is -0.396 e. The lowest BCUT2D eigenvalue weighted by Crippen LogP contribution is -2.29. The van der Waals surface area contributed by atoms with Gasteiger partial charge < -0.3 is 10.4 Å². The van der Waals surface area contributed by atoms with Gasteiger partial charge in [0.15, 0.2) is 0 Å². The van der Waals surface area contributed by atoms with Crippen molar-refractivity contribution in [2.24, 2.45) is 13.0 Å². The van der Waals surface area contributed by atoms with E-state index in [1.807, 2.05) is 0 Å². The molecule has 0 fully saturated rings.